The molecule has 1 aliphatic heterocycles. The minimum atomic E-state index is 0.311. The molecule has 2 heteroatoms. The molecule has 3 rings (SSSR count). The van der Waals surface area contributed by atoms with E-state index in [2.05, 4.69) is 26.1 Å². The lowest BCUT2D eigenvalue weighted by atomic mass is 9.66. The van der Waals surface area contributed by atoms with Crippen LogP contribution in [0.4, 0.5) is 0 Å². The molecule has 5 atom stereocenters. The van der Waals surface area contributed by atoms with Gasteiger partial charge in [0.25, 0.3) is 0 Å². The van der Waals surface area contributed by atoms with Crippen LogP contribution in [-0.4, -0.2) is 18.4 Å². The van der Waals surface area contributed by atoms with E-state index in [0.29, 0.717) is 23.2 Å². The first-order valence-electron chi connectivity index (χ1n) is 8.23. The van der Waals surface area contributed by atoms with Crippen molar-refractivity contribution in [1.29, 1.82) is 0 Å². The summed E-state index contributed by atoms with van der Waals surface area (Å²) in [6.45, 7) is 8.18. The van der Waals surface area contributed by atoms with Crippen LogP contribution >= 0.6 is 0 Å². The van der Waals surface area contributed by atoms with Crippen molar-refractivity contribution >= 4 is 5.78 Å². The Labute approximate surface area is 117 Å². The van der Waals surface area contributed by atoms with E-state index in [1.54, 1.807) is 0 Å². The molecule has 0 aromatic rings. The summed E-state index contributed by atoms with van der Waals surface area (Å²) in [6.07, 6.45) is 7.19. The van der Waals surface area contributed by atoms with Crippen LogP contribution in [0.15, 0.2) is 0 Å². The summed E-state index contributed by atoms with van der Waals surface area (Å²) in [5.41, 5.74) is 0.354. The SMILES string of the molecule is CC(C)(C)C1CCC(=O)C(C2NCC3CCCC32)C1. The van der Waals surface area contributed by atoms with Gasteiger partial charge in [0.1, 0.15) is 5.78 Å². The summed E-state index contributed by atoms with van der Waals surface area (Å²) in [6, 6.07) is 0.505. The second-order valence-corrected chi connectivity index (χ2v) is 8.20. The van der Waals surface area contributed by atoms with Gasteiger partial charge in [0.15, 0.2) is 0 Å². The lowest BCUT2D eigenvalue weighted by Crippen LogP contribution is -2.44. The van der Waals surface area contributed by atoms with E-state index in [1.165, 1.54) is 25.8 Å². The average molecular weight is 263 g/mol. The summed E-state index contributed by atoms with van der Waals surface area (Å²) >= 11 is 0. The molecule has 0 radical (unpaired) electrons. The van der Waals surface area contributed by atoms with Crippen molar-refractivity contribution in [2.45, 2.75) is 65.3 Å². The van der Waals surface area contributed by atoms with Crippen LogP contribution in [0, 0.1) is 29.1 Å². The normalized spacial score (nSPS) is 43.5. The zero-order valence-corrected chi connectivity index (χ0v) is 12.7. The second-order valence-electron chi connectivity index (χ2n) is 8.20. The van der Waals surface area contributed by atoms with Gasteiger partial charge in [-0.1, -0.05) is 27.2 Å². The Balaban J connectivity index is 1.73. The van der Waals surface area contributed by atoms with Gasteiger partial charge in [-0.2, -0.15) is 0 Å². The molecule has 1 heterocycles. The summed E-state index contributed by atoms with van der Waals surface area (Å²) in [5.74, 6) is 3.24. The van der Waals surface area contributed by atoms with Crippen molar-refractivity contribution in [3.05, 3.63) is 0 Å². The molecule has 108 valence electrons. The first-order chi connectivity index (χ1) is 8.97. The van der Waals surface area contributed by atoms with Gasteiger partial charge < -0.3 is 5.32 Å². The zero-order chi connectivity index (χ0) is 13.6. The molecule has 3 aliphatic rings. The monoisotopic (exact) mass is 263 g/mol. The first kappa shape index (κ1) is 13.6. The topological polar surface area (TPSA) is 29.1 Å². The molecule has 0 aromatic heterocycles. The zero-order valence-electron chi connectivity index (χ0n) is 12.7. The fourth-order valence-corrected chi connectivity index (χ4v) is 4.86. The maximum absolute atomic E-state index is 12.4. The first-order valence-corrected chi connectivity index (χ1v) is 8.23. The minimum absolute atomic E-state index is 0.311. The Bertz CT molecular complexity index is 357. The Kier molecular flexibility index (Phi) is 3.49. The van der Waals surface area contributed by atoms with Crippen molar-refractivity contribution in [1.82, 2.24) is 5.32 Å². The highest BCUT2D eigenvalue weighted by atomic mass is 16.1. The molecular weight excluding hydrogens is 234 g/mol. The molecule has 0 amide bonds. The van der Waals surface area contributed by atoms with E-state index in [0.717, 1.165) is 37.0 Å². The molecular formula is C17H29NO. The lowest BCUT2D eigenvalue weighted by molar-refractivity contribution is -0.128. The fourth-order valence-electron chi connectivity index (χ4n) is 4.86. The number of Topliss-reactive ketones (excluding diaryl/α,β-unsaturated/α-hetero) is 1. The number of hydrogen-bond donors (Lipinski definition) is 1. The molecule has 2 saturated carbocycles. The van der Waals surface area contributed by atoms with Crippen molar-refractivity contribution in [2.24, 2.45) is 29.1 Å². The van der Waals surface area contributed by atoms with E-state index in [-0.39, 0.29) is 0 Å². The standard InChI is InChI=1S/C17H29NO/c1-17(2,3)12-7-8-15(19)14(9-12)16-13-6-4-5-11(13)10-18-16/h11-14,16,18H,4-10H2,1-3H3. The number of rotatable bonds is 1. The highest BCUT2D eigenvalue weighted by Crippen LogP contribution is 2.46. The van der Waals surface area contributed by atoms with Crippen molar-refractivity contribution < 1.29 is 4.79 Å². The summed E-state index contributed by atoms with van der Waals surface area (Å²) in [4.78, 5) is 12.4. The molecule has 0 aromatic carbocycles. The highest BCUT2D eigenvalue weighted by molar-refractivity contribution is 5.82. The van der Waals surface area contributed by atoms with E-state index in [9.17, 15) is 4.79 Å². The van der Waals surface area contributed by atoms with Gasteiger partial charge in [0, 0.05) is 18.4 Å². The largest absolute Gasteiger partial charge is 0.313 e. The number of nitrogens with one attached hydrogen (secondary N) is 1. The van der Waals surface area contributed by atoms with E-state index in [4.69, 9.17) is 0 Å². The van der Waals surface area contributed by atoms with Crippen LogP contribution in [0.5, 0.6) is 0 Å². The van der Waals surface area contributed by atoms with Crippen LogP contribution in [-0.2, 0) is 4.79 Å². The molecule has 1 saturated heterocycles. The smallest absolute Gasteiger partial charge is 0.137 e. The number of carbonyl (C=O) groups excluding carboxylic acids is 1. The number of hydrogen-bond acceptors (Lipinski definition) is 2. The van der Waals surface area contributed by atoms with Crippen LogP contribution in [0.1, 0.15) is 59.3 Å². The van der Waals surface area contributed by atoms with Crippen LogP contribution in [0.25, 0.3) is 0 Å². The van der Waals surface area contributed by atoms with Crippen molar-refractivity contribution in [3.63, 3.8) is 0 Å². The fraction of sp³-hybridized carbons (Fsp3) is 0.941. The van der Waals surface area contributed by atoms with Crippen molar-refractivity contribution in [3.8, 4) is 0 Å². The second kappa shape index (κ2) is 4.87. The van der Waals surface area contributed by atoms with E-state index >= 15 is 0 Å². The molecule has 0 spiro atoms. The van der Waals surface area contributed by atoms with E-state index < -0.39 is 0 Å². The molecule has 2 aliphatic carbocycles. The van der Waals surface area contributed by atoms with Gasteiger partial charge in [-0.25, -0.2) is 0 Å². The molecule has 0 bridgehead atoms. The third kappa shape index (κ3) is 2.49. The molecule has 3 fully saturated rings. The maximum atomic E-state index is 12.4. The van der Waals surface area contributed by atoms with Gasteiger partial charge in [-0.15, -0.1) is 0 Å². The molecule has 5 unspecified atom stereocenters. The molecule has 19 heavy (non-hydrogen) atoms. The Morgan fingerprint density at radius 3 is 2.68 bits per heavy atom. The van der Waals surface area contributed by atoms with Crippen LogP contribution < -0.4 is 5.32 Å². The van der Waals surface area contributed by atoms with Gasteiger partial charge in [0.2, 0.25) is 0 Å². The quantitative estimate of drug-likeness (QED) is 0.785. The van der Waals surface area contributed by atoms with Crippen molar-refractivity contribution in [2.75, 3.05) is 6.54 Å². The van der Waals surface area contributed by atoms with E-state index in [1.807, 2.05) is 0 Å². The molecule has 1 N–H and O–H groups in total. The predicted octanol–water partition coefficient (Wildman–Crippen LogP) is 3.41. The average Bonchev–Trinajstić information content (AvgIpc) is 2.90. The number of carbonyl (C=O) groups is 1. The van der Waals surface area contributed by atoms with Gasteiger partial charge in [-0.05, 0) is 55.4 Å². The Hall–Kier alpha value is -0.370. The maximum Gasteiger partial charge on any atom is 0.137 e. The molecule has 2 nitrogen and oxygen atoms in total. The lowest BCUT2D eigenvalue weighted by Gasteiger charge is -2.40. The minimum Gasteiger partial charge on any atom is -0.313 e. The third-order valence-electron chi connectivity index (χ3n) is 6.14. The summed E-state index contributed by atoms with van der Waals surface area (Å²) < 4.78 is 0. The van der Waals surface area contributed by atoms with Gasteiger partial charge in [-0.3, -0.25) is 4.79 Å². The predicted molar refractivity (Wildman–Crippen MR) is 77.9 cm³/mol. The van der Waals surface area contributed by atoms with Crippen LogP contribution in [0.2, 0.25) is 0 Å². The number of ketones is 1. The van der Waals surface area contributed by atoms with Gasteiger partial charge in [0.05, 0.1) is 0 Å². The highest BCUT2D eigenvalue weighted by Gasteiger charge is 2.47. The third-order valence-corrected chi connectivity index (χ3v) is 6.14. The summed E-state index contributed by atoms with van der Waals surface area (Å²) in [5, 5.41) is 3.71. The van der Waals surface area contributed by atoms with Gasteiger partial charge >= 0.3 is 0 Å². The Morgan fingerprint density at radius 2 is 1.95 bits per heavy atom. The Morgan fingerprint density at radius 1 is 1.16 bits per heavy atom. The van der Waals surface area contributed by atoms with Crippen LogP contribution in [0.3, 0.4) is 0 Å². The number of fused-ring (bicyclic) bond motifs is 1. The summed E-state index contributed by atoms with van der Waals surface area (Å²) in [7, 11) is 0.